The second-order valence-corrected chi connectivity index (χ2v) is 6.16. The van der Waals surface area contributed by atoms with Gasteiger partial charge in [0.15, 0.2) is 0 Å². The van der Waals surface area contributed by atoms with Gasteiger partial charge >= 0.3 is 0 Å². The van der Waals surface area contributed by atoms with E-state index in [4.69, 9.17) is 5.73 Å². The van der Waals surface area contributed by atoms with E-state index in [1.54, 1.807) is 0 Å². The monoisotopic (exact) mass is 270 g/mol. The number of rotatable bonds is 6. The molecule has 0 aliphatic heterocycles. The van der Waals surface area contributed by atoms with E-state index >= 15 is 0 Å². The summed E-state index contributed by atoms with van der Waals surface area (Å²) in [4.78, 5) is 2.33. The molecule has 0 saturated carbocycles. The number of nitrogens with two attached hydrogens (primary N) is 1. The molecule has 0 fully saturated rings. The Morgan fingerprint density at radius 2 is 1.75 bits per heavy atom. The van der Waals surface area contributed by atoms with Gasteiger partial charge in [-0.25, -0.2) is 0 Å². The molecule has 1 unspecified atom stereocenters. The summed E-state index contributed by atoms with van der Waals surface area (Å²) in [6, 6.07) is 15.1. The smallest absolute Gasteiger partial charge is 0.0424 e. The summed E-state index contributed by atoms with van der Waals surface area (Å²) in [5, 5.41) is 2.54. The van der Waals surface area contributed by atoms with Gasteiger partial charge in [0, 0.05) is 12.6 Å². The van der Waals surface area contributed by atoms with Gasteiger partial charge in [0.25, 0.3) is 0 Å². The van der Waals surface area contributed by atoms with E-state index < -0.39 is 0 Å². The minimum atomic E-state index is 0.0803. The first kappa shape index (κ1) is 15.0. The first-order valence-corrected chi connectivity index (χ1v) is 7.49. The predicted octanol–water partition coefficient (Wildman–Crippen LogP) is 3.82. The van der Waals surface area contributed by atoms with Gasteiger partial charge in [0.1, 0.15) is 0 Å². The van der Waals surface area contributed by atoms with Crippen molar-refractivity contribution in [2.24, 2.45) is 11.7 Å². The minimum absolute atomic E-state index is 0.0803. The third-order valence-corrected chi connectivity index (χ3v) is 3.80. The summed E-state index contributed by atoms with van der Waals surface area (Å²) in [6.45, 7) is 6.54. The van der Waals surface area contributed by atoms with E-state index in [0.717, 1.165) is 19.0 Å². The standard InChI is InChI=1S/C18H26N2/c1-14(2)10-11-20(3)13-18(19)17-9-8-15-6-4-5-7-16(15)12-17/h4-9,12,14,18H,10-11,13,19H2,1-3H3. The average molecular weight is 270 g/mol. The Morgan fingerprint density at radius 1 is 1.05 bits per heavy atom. The van der Waals surface area contributed by atoms with E-state index in [-0.39, 0.29) is 6.04 Å². The van der Waals surface area contributed by atoms with E-state index in [0.29, 0.717) is 0 Å². The van der Waals surface area contributed by atoms with E-state index in [1.165, 1.54) is 22.8 Å². The molecule has 0 radical (unpaired) electrons. The van der Waals surface area contributed by atoms with E-state index in [1.807, 2.05) is 0 Å². The lowest BCUT2D eigenvalue weighted by atomic mass is 10.0. The fourth-order valence-corrected chi connectivity index (χ4v) is 2.45. The fraction of sp³-hybridized carbons (Fsp3) is 0.444. The highest BCUT2D eigenvalue weighted by Gasteiger charge is 2.10. The minimum Gasteiger partial charge on any atom is -0.323 e. The van der Waals surface area contributed by atoms with Crippen LogP contribution in [0.1, 0.15) is 31.9 Å². The van der Waals surface area contributed by atoms with Gasteiger partial charge in [-0.2, -0.15) is 0 Å². The van der Waals surface area contributed by atoms with Crippen LogP contribution in [0.3, 0.4) is 0 Å². The van der Waals surface area contributed by atoms with Crippen LogP contribution in [0.5, 0.6) is 0 Å². The summed E-state index contributed by atoms with van der Waals surface area (Å²) in [6.07, 6.45) is 1.22. The number of hydrogen-bond acceptors (Lipinski definition) is 2. The van der Waals surface area contributed by atoms with Crippen molar-refractivity contribution in [3.63, 3.8) is 0 Å². The normalized spacial score (nSPS) is 13.3. The first-order chi connectivity index (χ1) is 9.56. The number of benzene rings is 2. The molecule has 2 heteroatoms. The number of hydrogen-bond donors (Lipinski definition) is 1. The van der Waals surface area contributed by atoms with Crippen LogP contribution >= 0.6 is 0 Å². The molecular formula is C18H26N2. The molecule has 0 aliphatic rings. The van der Waals surface area contributed by atoms with E-state index in [2.05, 4.69) is 68.3 Å². The van der Waals surface area contributed by atoms with Crippen molar-refractivity contribution < 1.29 is 0 Å². The maximum Gasteiger partial charge on any atom is 0.0424 e. The highest BCUT2D eigenvalue weighted by Crippen LogP contribution is 2.19. The second kappa shape index (κ2) is 6.87. The SMILES string of the molecule is CC(C)CCN(C)CC(N)c1ccc2ccccc2c1. The van der Waals surface area contributed by atoms with Crippen molar-refractivity contribution in [3.8, 4) is 0 Å². The summed E-state index contributed by atoms with van der Waals surface area (Å²) in [7, 11) is 2.16. The third kappa shape index (κ3) is 4.06. The molecule has 0 spiro atoms. The third-order valence-electron chi connectivity index (χ3n) is 3.80. The second-order valence-electron chi connectivity index (χ2n) is 6.16. The molecule has 2 nitrogen and oxygen atoms in total. The van der Waals surface area contributed by atoms with Crippen LogP contribution in [-0.4, -0.2) is 25.0 Å². The fourth-order valence-electron chi connectivity index (χ4n) is 2.45. The molecular weight excluding hydrogens is 244 g/mol. The maximum atomic E-state index is 6.35. The lowest BCUT2D eigenvalue weighted by molar-refractivity contribution is 0.293. The zero-order chi connectivity index (χ0) is 14.5. The summed E-state index contributed by atoms with van der Waals surface area (Å²) in [5.74, 6) is 0.745. The molecule has 0 saturated heterocycles. The zero-order valence-electron chi connectivity index (χ0n) is 12.8. The van der Waals surface area contributed by atoms with Crippen LogP contribution in [0, 0.1) is 5.92 Å². The Hall–Kier alpha value is -1.38. The highest BCUT2D eigenvalue weighted by atomic mass is 15.1. The van der Waals surface area contributed by atoms with Gasteiger partial charge < -0.3 is 10.6 Å². The van der Waals surface area contributed by atoms with Crippen LogP contribution in [-0.2, 0) is 0 Å². The van der Waals surface area contributed by atoms with Gasteiger partial charge in [-0.05, 0) is 48.3 Å². The summed E-state index contributed by atoms with van der Waals surface area (Å²) in [5.41, 5.74) is 7.57. The Kier molecular flexibility index (Phi) is 5.16. The quantitative estimate of drug-likeness (QED) is 0.864. The van der Waals surface area contributed by atoms with Crippen molar-refractivity contribution >= 4 is 10.8 Å². The Labute approximate surface area is 122 Å². The van der Waals surface area contributed by atoms with Crippen LogP contribution in [0.15, 0.2) is 42.5 Å². The molecule has 1 atom stereocenters. The van der Waals surface area contributed by atoms with Gasteiger partial charge in [-0.1, -0.05) is 50.2 Å². The van der Waals surface area contributed by atoms with E-state index in [9.17, 15) is 0 Å². The number of likely N-dealkylation sites (N-methyl/N-ethyl adjacent to an activating group) is 1. The first-order valence-electron chi connectivity index (χ1n) is 7.49. The molecule has 0 aliphatic carbocycles. The van der Waals surface area contributed by atoms with Crippen LogP contribution in [0.25, 0.3) is 10.8 Å². The van der Waals surface area contributed by atoms with Gasteiger partial charge in [0.05, 0.1) is 0 Å². The lowest BCUT2D eigenvalue weighted by Gasteiger charge is -2.22. The molecule has 2 rings (SSSR count). The molecule has 0 aromatic heterocycles. The largest absolute Gasteiger partial charge is 0.323 e. The zero-order valence-corrected chi connectivity index (χ0v) is 12.8. The van der Waals surface area contributed by atoms with Crippen LogP contribution in [0.2, 0.25) is 0 Å². The van der Waals surface area contributed by atoms with Gasteiger partial charge in [0.2, 0.25) is 0 Å². The Balaban J connectivity index is 2.01. The highest BCUT2D eigenvalue weighted by molar-refractivity contribution is 5.83. The molecule has 0 amide bonds. The lowest BCUT2D eigenvalue weighted by Crippen LogP contribution is -2.30. The van der Waals surface area contributed by atoms with Gasteiger partial charge in [-0.3, -0.25) is 0 Å². The van der Waals surface area contributed by atoms with Crippen molar-refractivity contribution in [1.82, 2.24) is 4.90 Å². The van der Waals surface area contributed by atoms with Crippen molar-refractivity contribution in [2.45, 2.75) is 26.3 Å². The molecule has 20 heavy (non-hydrogen) atoms. The molecule has 0 bridgehead atoms. The molecule has 2 aromatic carbocycles. The number of nitrogens with zero attached hydrogens (tertiary/aromatic N) is 1. The average Bonchev–Trinajstić information content (AvgIpc) is 2.44. The van der Waals surface area contributed by atoms with Crippen molar-refractivity contribution in [3.05, 3.63) is 48.0 Å². The topological polar surface area (TPSA) is 29.3 Å². The van der Waals surface area contributed by atoms with Gasteiger partial charge in [-0.15, -0.1) is 0 Å². The maximum absolute atomic E-state index is 6.35. The van der Waals surface area contributed by atoms with Crippen LogP contribution in [0.4, 0.5) is 0 Å². The van der Waals surface area contributed by atoms with Crippen molar-refractivity contribution in [2.75, 3.05) is 20.1 Å². The molecule has 108 valence electrons. The van der Waals surface area contributed by atoms with Crippen molar-refractivity contribution in [1.29, 1.82) is 0 Å². The summed E-state index contributed by atoms with van der Waals surface area (Å²) < 4.78 is 0. The molecule has 2 N–H and O–H groups in total. The molecule has 0 heterocycles. The predicted molar refractivity (Wildman–Crippen MR) is 87.8 cm³/mol. The Morgan fingerprint density at radius 3 is 2.45 bits per heavy atom. The molecule has 2 aromatic rings. The number of fused-ring (bicyclic) bond motifs is 1. The summed E-state index contributed by atoms with van der Waals surface area (Å²) >= 11 is 0. The Bertz CT molecular complexity index is 548. The van der Waals surface area contributed by atoms with Crippen LogP contribution < -0.4 is 5.73 Å².